The van der Waals surface area contributed by atoms with E-state index in [0.717, 1.165) is 0 Å². The number of fused-ring (bicyclic) bond motifs is 4. The molecule has 0 spiro atoms. The minimum atomic E-state index is -4.74. The Kier molecular flexibility index (Phi) is 8.00. The number of allylic oxidation sites excluding steroid dienone is 2. The second-order valence-electron chi connectivity index (χ2n) is 14.1. The summed E-state index contributed by atoms with van der Waals surface area (Å²) in [7, 11) is 0. The van der Waals surface area contributed by atoms with Crippen molar-refractivity contribution in [2.45, 2.75) is 63.3 Å². The zero-order valence-corrected chi connectivity index (χ0v) is 28.4. The zero-order chi connectivity index (χ0) is 36.1. The summed E-state index contributed by atoms with van der Waals surface area (Å²) in [6.07, 6.45) is -2.17. The highest BCUT2D eigenvalue weighted by Crippen LogP contribution is 2.64. The quantitative estimate of drug-likeness (QED) is 0.232. The normalized spacial score (nSPS) is 28.1. The average molecular weight is 732 g/mol. The van der Waals surface area contributed by atoms with Crippen molar-refractivity contribution in [3.05, 3.63) is 93.0 Å². The Morgan fingerprint density at radius 3 is 2.30 bits per heavy atom. The number of anilines is 1. The number of pyridine rings is 1. The number of carbonyl (C=O) groups excluding carboxylic acids is 4. The SMILES string of the molecule is CC(C)(C)N1C(=O)[C@H]2[C@H](CC=C3[C@H]2C[C@H]2C(=O)N(Nc4ncc(C(F)(F)F)cc4Cl)C(=O)[C@@]2(c2ccc(Cl)cc2)[C@H]3c2ccc(CO)o2)C1=O. The predicted molar refractivity (Wildman–Crippen MR) is 173 cm³/mol. The van der Waals surface area contributed by atoms with Crippen LogP contribution in [0.15, 0.2) is 64.7 Å². The first kappa shape index (κ1) is 34.3. The van der Waals surface area contributed by atoms with E-state index in [4.69, 9.17) is 27.6 Å². The standard InChI is InChI=1S/C35H31Cl2F3N4O6/c1-33(2,3)43-29(46)21-10-9-20-22(26(21)31(43)48)13-23-30(47)44(42-28-24(37)12-17(14-41-28)35(38,39)40)32(49)34(23,16-4-6-18(36)7-5-16)27(20)25-11-8-19(15-45)50-25/h4-9,11-12,14,21-23,26-27,45H,10,13,15H2,1-3H3,(H,41,42)/t21-,22+,23-,26-,27+,34+/m0/s1. The van der Waals surface area contributed by atoms with E-state index in [1.54, 1.807) is 57.2 Å². The van der Waals surface area contributed by atoms with E-state index in [2.05, 4.69) is 10.4 Å². The number of hydrazine groups is 1. The van der Waals surface area contributed by atoms with Crippen LogP contribution in [-0.4, -0.2) is 49.2 Å². The van der Waals surface area contributed by atoms with E-state index in [9.17, 15) is 32.7 Å². The number of hydrogen-bond donors (Lipinski definition) is 2. The molecule has 1 saturated carbocycles. The van der Waals surface area contributed by atoms with Gasteiger partial charge in [0.2, 0.25) is 11.8 Å². The number of amides is 4. The Balaban J connectivity index is 1.42. The number of aromatic nitrogens is 1. The van der Waals surface area contributed by atoms with Crippen LogP contribution in [0.4, 0.5) is 19.0 Å². The van der Waals surface area contributed by atoms with Crippen molar-refractivity contribution in [1.82, 2.24) is 14.9 Å². The third kappa shape index (κ3) is 4.99. The number of halogens is 5. The van der Waals surface area contributed by atoms with Gasteiger partial charge in [-0.2, -0.15) is 18.2 Å². The smallest absolute Gasteiger partial charge is 0.417 e. The van der Waals surface area contributed by atoms with Gasteiger partial charge >= 0.3 is 6.18 Å². The highest BCUT2D eigenvalue weighted by Gasteiger charge is 2.71. The fraction of sp³-hybridized carbons (Fsp3) is 0.400. The third-order valence-corrected chi connectivity index (χ3v) is 10.9. The van der Waals surface area contributed by atoms with Crippen LogP contribution < -0.4 is 5.43 Å². The van der Waals surface area contributed by atoms with E-state index in [1.165, 1.54) is 4.90 Å². The Morgan fingerprint density at radius 1 is 1.00 bits per heavy atom. The molecule has 2 saturated heterocycles. The lowest BCUT2D eigenvalue weighted by molar-refractivity contribution is -0.146. The van der Waals surface area contributed by atoms with Gasteiger partial charge in [-0.05, 0) is 75.4 Å². The number of alkyl halides is 3. The van der Waals surface area contributed by atoms with Gasteiger partial charge in [0.05, 0.1) is 34.3 Å². The van der Waals surface area contributed by atoms with Gasteiger partial charge in [-0.25, -0.2) is 4.98 Å². The molecule has 50 heavy (non-hydrogen) atoms. The molecule has 6 atom stereocenters. The summed E-state index contributed by atoms with van der Waals surface area (Å²) in [6.45, 7) is 4.85. The maximum atomic E-state index is 15.1. The van der Waals surface area contributed by atoms with E-state index < -0.39 is 75.7 Å². The average Bonchev–Trinajstić information content (AvgIpc) is 3.69. The lowest BCUT2D eigenvalue weighted by atomic mass is 9.50. The molecule has 0 bridgehead atoms. The van der Waals surface area contributed by atoms with Crippen LogP contribution in [0.25, 0.3) is 0 Å². The fourth-order valence-electron chi connectivity index (χ4n) is 8.39. The minimum Gasteiger partial charge on any atom is -0.463 e. The second-order valence-corrected chi connectivity index (χ2v) is 14.9. The first-order valence-corrected chi connectivity index (χ1v) is 16.7. The van der Waals surface area contributed by atoms with E-state index in [0.29, 0.717) is 33.4 Å². The number of aliphatic hydroxyl groups excluding tert-OH is 1. The monoisotopic (exact) mass is 730 g/mol. The molecule has 7 rings (SSSR count). The molecule has 4 heterocycles. The molecule has 4 amide bonds. The van der Waals surface area contributed by atoms with Gasteiger partial charge < -0.3 is 9.52 Å². The lowest BCUT2D eigenvalue weighted by Crippen LogP contribution is -2.53. The number of benzene rings is 1. The van der Waals surface area contributed by atoms with Crippen LogP contribution in [0, 0.1) is 23.7 Å². The zero-order valence-electron chi connectivity index (χ0n) is 26.9. The van der Waals surface area contributed by atoms with Gasteiger partial charge in [0.1, 0.15) is 23.5 Å². The number of rotatable bonds is 5. The van der Waals surface area contributed by atoms with Crippen molar-refractivity contribution in [2.24, 2.45) is 23.7 Å². The molecular formula is C35H31Cl2F3N4O6. The van der Waals surface area contributed by atoms with Crippen LogP contribution in [0.2, 0.25) is 10.0 Å². The molecule has 2 N–H and O–H groups in total. The van der Waals surface area contributed by atoms with Gasteiger partial charge in [0.25, 0.3) is 11.8 Å². The van der Waals surface area contributed by atoms with Crippen LogP contribution in [-0.2, 0) is 37.4 Å². The molecule has 0 radical (unpaired) electrons. The number of likely N-dealkylation sites (tertiary alicyclic amines) is 1. The van der Waals surface area contributed by atoms with E-state index in [-0.39, 0.29) is 42.0 Å². The maximum Gasteiger partial charge on any atom is 0.417 e. The van der Waals surface area contributed by atoms with E-state index in [1.807, 2.05) is 6.08 Å². The van der Waals surface area contributed by atoms with E-state index >= 15 is 4.79 Å². The summed E-state index contributed by atoms with van der Waals surface area (Å²) in [5.74, 6) is -6.48. The fourth-order valence-corrected chi connectivity index (χ4v) is 8.72. The summed E-state index contributed by atoms with van der Waals surface area (Å²) in [6, 6.07) is 10.2. The highest BCUT2D eigenvalue weighted by molar-refractivity contribution is 6.33. The van der Waals surface area contributed by atoms with Gasteiger partial charge in [0.15, 0.2) is 5.82 Å². The Morgan fingerprint density at radius 2 is 1.70 bits per heavy atom. The molecule has 4 aliphatic rings. The van der Waals surface area contributed by atoms with Gasteiger partial charge in [-0.3, -0.25) is 29.5 Å². The minimum absolute atomic E-state index is 0.0202. The lowest BCUT2D eigenvalue weighted by Gasteiger charge is -2.49. The number of imide groups is 2. The molecule has 1 aromatic carbocycles. The Bertz CT molecular complexity index is 1970. The number of carbonyl (C=O) groups is 4. The van der Waals surface area contributed by atoms with Gasteiger partial charge in [-0.1, -0.05) is 47.0 Å². The predicted octanol–water partition coefficient (Wildman–Crippen LogP) is 6.28. The van der Waals surface area contributed by atoms with Crippen molar-refractivity contribution in [3.8, 4) is 0 Å². The molecule has 3 aromatic rings. The summed E-state index contributed by atoms with van der Waals surface area (Å²) in [4.78, 5) is 62.6. The van der Waals surface area contributed by atoms with Crippen molar-refractivity contribution in [3.63, 3.8) is 0 Å². The summed E-state index contributed by atoms with van der Waals surface area (Å²) in [5, 5.41) is 10.5. The first-order valence-electron chi connectivity index (χ1n) is 15.9. The number of nitrogens with zero attached hydrogens (tertiary/aromatic N) is 3. The topological polar surface area (TPSA) is 133 Å². The summed E-state index contributed by atoms with van der Waals surface area (Å²) >= 11 is 12.5. The highest BCUT2D eigenvalue weighted by atomic mass is 35.5. The molecule has 262 valence electrons. The van der Waals surface area contributed by atoms with Gasteiger partial charge in [0, 0.05) is 16.8 Å². The second kappa shape index (κ2) is 11.7. The number of hydrogen-bond acceptors (Lipinski definition) is 8. The Labute approximate surface area is 294 Å². The molecular weight excluding hydrogens is 700 g/mol. The summed E-state index contributed by atoms with van der Waals surface area (Å²) in [5.41, 5.74) is -0.0632. The number of aliphatic hydroxyl groups is 1. The molecule has 0 unspecified atom stereocenters. The van der Waals surface area contributed by atoms with Crippen molar-refractivity contribution >= 4 is 52.6 Å². The van der Waals surface area contributed by atoms with Crippen molar-refractivity contribution in [1.29, 1.82) is 0 Å². The molecule has 10 nitrogen and oxygen atoms in total. The molecule has 2 aromatic heterocycles. The first-order chi connectivity index (χ1) is 23.5. The molecule has 2 aliphatic heterocycles. The molecule has 2 aliphatic carbocycles. The molecule has 3 fully saturated rings. The molecule has 15 heteroatoms. The third-order valence-electron chi connectivity index (χ3n) is 10.4. The number of nitrogens with one attached hydrogen (secondary N) is 1. The largest absolute Gasteiger partial charge is 0.463 e. The number of furan rings is 1. The van der Waals surface area contributed by atoms with Crippen LogP contribution >= 0.6 is 23.2 Å². The summed E-state index contributed by atoms with van der Waals surface area (Å²) < 4.78 is 46.3. The van der Waals surface area contributed by atoms with Crippen molar-refractivity contribution < 1.29 is 41.9 Å². The maximum absolute atomic E-state index is 15.1. The van der Waals surface area contributed by atoms with Crippen LogP contribution in [0.5, 0.6) is 0 Å². The van der Waals surface area contributed by atoms with Crippen LogP contribution in [0.1, 0.15) is 62.2 Å². The van der Waals surface area contributed by atoms with Crippen LogP contribution in [0.3, 0.4) is 0 Å². The van der Waals surface area contributed by atoms with Gasteiger partial charge in [-0.15, -0.1) is 0 Å². The Hall–Kier alpha value is -4.20. The van der Waals surface area contributed by atoms with Crippen molar-refractivity contribution in [2.75, 3.05) is 5.43 Å².